The Hall–Kier alpha value is -3.83. The van der Waals surface area contributed by atoms with Gasteiger partial charge in [0.1, 0.15) is 5.01 Å². The summed E-state index contributed by atoms with van der Waals surface area (Å²) in [6, 6.07) is 6.64. The van der Waals surface area contributed by atoms with E-state index in [1.165, 1.54) is 11.3 Å². The maximum absolute atomic E-state index is 13.4. The number of aryl methyl sites for hydroxylation is 2. The van der Waals surface area contributed by atoms with Gasteiger partial charge in [-0.2, -0.15) is 5.10 Å². The van der Waals surface area contributed by atoms with Crippen LogP contribution < -0.4 is 15.1 Å². The number of imide groups is 1. The van der Waals surface area contributed by atoms with E-state index in [0.717, 1.165) is 64.1 Å². The van der Waals surface area contributed by atoms with Crippen molar-refractivity contribution in [1.29, 1.82) is 0 Å². The summed E-state index contributed by atoms with van der Waals surface area (Å²) in [6.07, 6.45) is 3.89. The highest BCUT2D eigenvalue weighted by Crippen LogP contribution is 2.36. The molecule has 1 aliphatic rings. The molecule has 1 aromatic carbocycles. The predicted molar refractivity (Wildman–Crippen MR) is 138 cm³/mol. The van der Waals surface area contributed by atoms with Crippen molar-refractivity contribution in [3.05, 3.63) is 47.7 Å². The quantitative estimate of drug-likeness (QED) is 0.428. The normalized spacial score (nSPS) is 14.3. The van der Waals surface area contributed by atoms with Crippen LogP contribution in [-0.2, 0) is 11.8 Å². The van der Waals surface area contributed by atoms with Crippen molar-refractivity contribution in [1.82, 2.24) is 24.6 Å². The van der Waals surface area contributed by atoms with E-state index in [1.54, 1.807) is 35.3 Å². The van der Waals surface area contributed by atoms with Crippen LogP contribution in [0.25, 0.3) is 21.6 Å². The van der Waals surface area contributed by atoms with Gasteiger partial charge in [0, 0.05) is 50.4 Å². The van der Waals surface area contributed by atoms with Crippen molar-refractivity contribution < 1.29 is 9.59 Å². The zero-order valence-electron chi connectivity index (χ0n) is 19.8. The van der Waals surface area contributed by atoms with Gasteiger partial charge in [0.05, 0.1) is 34.3 Å². The van der Waals surface area contributed by atoms with E-state index >= 15 is 0 Å². The second-order valence-electron chi connectivity index (χ2n) is 8.51. The molecule has 0 atom stereocenters. The molecule has 10 nitrogen and oxygen atoms in total. The third-order valence-corrected chi connectivity index (χ3v) is 7.01. The molecule has 1 fully saturated rings. The first-order chi connectivity index (χ1) is 17.0. The Labute approximate surface area is 206 Å². The molecule has 3 amide bonds. The monoisotopic (exact) mass is 490 g/mol. The highest BCUT2D eigenvalue weighted by molar-refractivity contribution is 7.13. The Balaban J connectivity index is 1.50. The highest BCUT2D eigenvalue weighted by Gasteiger charge is 2.25. The molecule has 1 N–H and O–H groups in total. The van der Waals surface area contributed by atoms with E-state index in [4.69, 9.17) is 0 Å². The maximum atomic E-state index is 13.4. The molecular formula is C24H26N8O2S. The lowest BCUT2D eigenvalue weighted by Crippen LogP contribution is -2.45. The fourth-order valence-electron chi connectivity index (χ4n) is 4.40. The number of nitrogens with zero attached hydrogens (tertiary/aromatic N) is 7. The van der Waals surface area contributed by atoms with Gasteiger partial charge in [-0.3, -0.25) is 9.48 Å². The second-order valence-corrected chi connectivity index (χ2v) is 9.41. The van der Waals surface area contributed by atoms with Crippen LogP contribution in [0.3, 0.4) is 0 Å². The lowest BCUT2D eigenvalue weighted by molar-refractivity contribution is -0.106. The molecule has 4 heterocycles. The molecule has 5 rings (SSSR count). The van der Waals surface area contributed by atoms with Crippen molar-refractivity contribution in [3.8, 4) is 10.6 Å². The van der Waals surface area contributed by atoms with Crippen LogP contribution >= 0.6 is 11.3 Å². The Morgan fingerprint density at radius 3 is 2.69 bits per heavy atom. The van der Waals surface area contributed by atoms with Gasteiger partial charge in [-0.15, -0.1) is 11.3 Å². The minimum atomic E-state index is -0.561. The molecule has 0 bridgehead atoms. The third-order valence-electron chi connectivity index (χ3n) is 6.19. The van der Waals surface area contributed by atoms with E-state index in [9.17, 15) is 9.59 Å². The van der Waals surface area contributed by atoms with Gasteiger partial charge >= 0.3 is 6.03 Å². The molecule has 0 spiro atoms. The number of pyridine rings is 1. The number of piperazine rings is 1. The zero-order valence-corrected chi connectivity index (χ0v) is 20.6. The molecule has 180 valence electrons. The molecule has 0 unspecified atom stereocenters. The topological polar surface area (TPSA) is 99.5 Å². The summed E-state index contributed by atoms with van der Waals surface area (Å²) in [5.41, 5.74) is 4.30. The van der Waals surface area contributed by atoms with E-state index in [0.29, 0.717) is 17.8 Å². The summed E-state index contributed by atoms with van der Waals surface area (Å²) >= 11 is 1.49. The number of carbonyl (C=O) groups is 2. The van der Waals surface area contributed by atoms with Crippen LogP contribution in [0.5, 0.6) is 0 Å². The third kappa shape index (κ3) is 4.35. The molecular weight excluding hydrogens is 464 g/mol. The summed E-state index contributed by atoms with van der Waals surface area (Å²) in [5.74, 6) is 0. The number of aromatic nitrogens is 4. The summed E-state index contributed by atoms with van der Waals surface area (Å²) in [4.78, 5) is 39.9. The number of thiazole rings is 1. The van der Waals surface area contributed by atoms with Crippen LogP contribution in [-0.4, -0.2) is 70.3 Å². The maximum Gasteiger partial charge on any atom is 0.333 e. The molecule has 1 aliphatic heterocycles. The number of anilines is 3. The number of hydrogen-bond acceptors (Lipinski definition) is 8. The number of rotatable bonds is 5. The van der Waals surface area contributed by atoms with Crippen LogP contribution in [0.1, 0.15) is 5.69 Å². The highest BCUT2D eigenvalue weighted by atomic mass is 32.1. The summed E-state index contributed by atoms with van der Waals surface area (Å²) in [6.45, 7) is 5.36. The Kier molecular flexibility index (Phi) is 6.18. The van der Waals surface area contributed by atoms with Crippen molar-refractivity contribution in [2.24, 2.45) is 7.05 Å². The van der Waals surface area contributed by atoms with Gasteiger partial charge in [-0.05, 0) is 26.1 Å². The number of benzene rings is 1. The fraction of sp³-hybridized carbons (Fsp3) is 0.292. The minimum Gasteiger partial charge on any atom is -0.367 e. The smallest absolute Gasteiger partial charge is 0.333 e. The summed E-state index contributed by atoms with van der Waals surface area (Å²) in [7, 11) is 3.96. The van der Waals surface area contributed by atoms with Gasteiger partial charge in [0.25, 0.3) is 0 Å². The standard InChI is InChI=1S/C24H26N8O2S/c1-16-20-21(31-10-8-29(2)9-11-31)19(14-26-22(20)30(3)28-16)27-24(34)32(15-33)18-6-4-5-17(13-18)23-25-7-12-35-23/h4-7,12-15H,8-11H2,1-3H3,(H,27,34). The number of fused-ring (bicyclic) bond motifs is 1. The van der Waals surface area contributed by atoms with Crippen molar-refractivity contribution in [2.75, 3.05) is 48.3 Å². The van der Waals surface area contributed by atoms with Gasteiger partial charge < -0.3 is 15.1 Å². The predicted octanol–water partition coefficient (Wildman–Crippen LogP) is 3.35. The van der Waals surface area contributed by atoms with Crippen LogP contribution in [0.15, 0.2) is 42.0 Å². The Morgan fingerprint density at radius 2 is 1.97 bits per heavy atom. The molecule has 0 saturated carbocycles. The first-order valence-electron chi connectivity index (χ1n) is 11.3. The zero-order chi connectivity index (χ0) is 24.5. The number of likely N-dealkylation sites (N-methyl/N-ethyl adjacent to an activating group) is 1. The summed E-state index contributed by atoms with van der Waals surface area (Å²) in [5, 5.41) is 11.1. The van der Waals surface area contributed by atoms with Gasteiger partial charge in [0.2, 0.25) is 6.41 Å². The number of carbonyl (C=O) groups excluding carboxylic acids is 2. The van der Waals surface area contributed by atoms with Gasteiger partial charge in [-0.1, -0.05) is 12.1 Å². The Bertz CT molecular complexity index is 1380. The molecule has 1 saturated heterocycles. The lowest BCUT2D eigenvalue weighted by atomic mass is 10.1. The van der Waals surface area contributed by atoms with E-state index in [1.807, 2.05) is 25.4 Å². The van der Waals surface area contributed by atoms with Gasteiger partial charge in [0.15, 0.2) is 5.65 Å². The Morgan fingerprint density at radius 1 is 1.17 bits per heavy atom. The number of amides is 3. The average Bonchev–Trinajstić information content (AvgIpc) is 3.49. The summed E-state index contributed by atoms with van der Waals surface area (Å²) < 4.78 is 1.75. The van der Waals surface area contributed by atoms with E-state index in [-0.39, 0.29) is 0 Å². The van der Waals surface area contributed by atoms with Crippen molar-refractivity contribution in [2.45, 2.75) is 6.92 Å². The van der Waals surface area contributed by atoms with Crippen LogP contribution in [0.4, 0.5) is 21.9 Å². The second kappa shape index (κ2) is 9.43. The first-order valence-corrected chi connectivity index (χ1v) is 12.2. The molecule has 11 heteroatoms. The number of urea groups is 1. The average molecular weight is 491 g/mol. The van der Waals surface area contributed by atoms with Crippen molar-refractivity contribution in [3.63, 3.8) is 0 Å². The minimum absolute atomic E-state index is 0.456. The van der Waals surface area contributed by atoms with Crippen LogP contribution in [0, 0.1) is 6.92 Å². The van der Waals surface area contributed by atoms with Gasteiger partial charge in [-0.25, -0.2) is 19.7 Å². The van der Waals surface area contributed by atoms with E-state index in [2.05, 4.69) is 37.2 Å². The van der Waals surface area contributed by atoms with E-state index < -0.39 is 6.03 Å². The SMILES string of the molecule is Cc1nn(C)c2ncc(NC(=O)N(C=O)c3cccc(-c4nccs4)c3)c(N3CCN(C)CC3)c12. The molecule has 3 aromatic heterocycles. The molecule has 4 aromatic rings. The number of hydrogen-bond donors (Lipinski definition) is 1. The van der Waals surface area contributed by atoms with Crippen LogP contribution in [0.2, 0.25) is 0 Å². The fourth-order valence-corrected chi connectivity index (χ4v) is 5.03. The lowest BCUT2D eigenvalue weighted by Gasteiger charge is -2.35. The molecule has 0 aliphatic carbocycles. The molecule has 0 radical (unpaired) electrons. The molecule has 35 heavy (non-hydrogen) atoms. The van der Waals surface area contributed by atoms with Crippen molar-refractivity contribution >= 4 is 51.9 Å². The largest absolute Gasteiger partial charge is 0.367 e. The first kappa shape index (κ1) is 22.9. The number of nitrogens with one attached hydrogen (secondary N) is 1.